The van der Waals surface area contributed by atoms with Crippen molar-refractivity contribution in [2.24, 2.45) is 0 Å². The third kappa shape index (κ3) is 5.55. The SMILES string of the molecule is CC(C)n1cc2c(NCc3cnc4ccccc4c3)nc(N3CCN(C(=O)OC(C)(C)C)[C@H](C)C3)nc2c1O. The van der Waals surface area contributed by atoms with Gasteiger partial charge in [-0.15, -0.1) is 0 Å². The van der Waals surface area contributed by atoms with Crippen molar-refractivity contribution in [2.45, 2.75) is 65.8 Å². The van der Waals surface area contributed by atoms with Crippen LogP contribution >= 0.6 is 0 Å². The van der Waals surface area contributed by atoms with E-state index >= 15 is 0 Å². The van der Waals surface area contributed by atoms with Crippen LogP contribution in [0.4, 0.5) is 16.6 Å². The van der Waals surface area contributed by atoms with Crippen molar-refractivity contribution in [1.29, 1.82) is 0 Å². The second kappa shape index (κ2) is 10.2. The number of nitrogens with zero attached hydrogens (tertiary/aromatic N) is 6. The number of pyridine rings is 1. The van der Waals surface area contributed by atoms with E-state index in [0.717, 1.165) is 21.9 Å². The molecule has 1 aliphatic rings. The number of aromatic hydroxyl groups is 1. The Morgan fingerprint density at radius 2 is 1.97 bits per heavy atom. The molecule has 3 aromatic heterocycles. The van der Waals surface area contributed by atoms with E-state index in [-0.39, 0.29) is 24.1 Å². The van der Waals surface area contributed by atoms with E-state index in [9.17, 15) is 9.90 Å². The summed E-state index contributed by atoms with van der Waals surface area (Å²) in [5.41, 5.74) is 1.92. The van der Waals surface area contributed by atoms with E-state index in [0.29, 0.717) is 43.5 Å². The zero-order valence-corrected chi connectivity index (χ0v) is 23.5. The van der Waals surface area contributed by atoms with Crippen LogP contribution in [0.3, 0.4) is 0 Å². The molecule has 0 aliphatic carbocycles. The summed E-state index contributed by atoms with van der Waals surface area (Å²) in [6.45, 7) is 13.7. The van der Waals surface area contributed by atoms with Gasteiger partial charge in [0.1, 0.15) is 16.9 Å². The highest BCUT2D eigenvalue weighted by molar-refractivity contribution is 5.94. The number of para-hydroxylation sites is 1. The lowest BCUT2D eigenvalue weighted by molar-refractivity contribution is 0.0158. The number of aromatic nitrogens is 4. The molecule has 0 spiro atoms. The number of anilines is 2. The summed E-state index contributed by atoms with van der Waals surface area (Å²) in [6.07, 6.45) is 3.44. The summed E-state index contributed by atoms with van der Waals surface area (Å²) >= 11 is 0. The summed E-state index contributed by atoms with van der Waals surface area (Å²) < 4.78 is 7.39. The molecule has 206 valence electrons. The van der Waals surface area contributed by atoms with E-state index in [1.807, 2.05) is 78.2 Å². The maximum Gasteiger partial charge on any atom is 0.410 e. The van der Waals surface area contributed by atoms with Gasteiger partial charge in [-0.1, -0.05) is 18.2 Å². The Bertz CT molecular complexity index is 1510. The number of benzene rings is 1. The maximum atomic E-state index is 12.7. The molecule has 1 aliphatic heterocycles. The first kappa shape index (κ1) is 26.5. The standard InChI is InChI=1S/C29H37N7O3/c1-18(2)36-17-22-24(26(36)37)32-27(34-11-12-35(19(3)16-34)28(38)39-29(4,5)6)33-25(22)31-15-20-13-21-9-7-8-10-23(21)30-14-20/h7-10,13-14,17-19,37H,11-12,15-16H2,1-6H3,(H,31,32,33)/t19-/m1/s1. The quantitative estimate of drug-likeness (QED) is 0.356. The number of ether oxygens (including phenoxy) is 1. The molecule has 1 amide bonds. The molecule has 1 fully saturated rings. The zero-order valence-electron chi connectivity index (χ0n) is 23.5. The van der Waals surface area contributed by atoms with Gasteiger partial charge in [0.05, 0.1) is 10.9 Å². The maximum absolute atomic E-state index is 12.7. The molecule has 4 heterocycles. The molecule has 0 saturated carbocycles. The topological polar surface area (TPSA) is 109 Å². The van der Waals surface area contributed by atoms with Gasteiger partial charge < -0.3 is 29.5 Å². The Hall–Kier alpha value is -4.08. The van der Waals surface area contributed by atoms with Crippen LogP contribution in [-0.4, -0.2) is 66.9 Å². The number of fused-ring (bicyclic) bond motifs is 2. The van der Waals surface area contributed by atoms with Crippen LogP contribution in [0.2, 0.25) is 0 Å². The van der Waals surface area contributed by atoms with Crippen molar-refractivity contribution >= 4 is 39.7 Å². The summed E-state index contributed by atoms with van der Waals surface area (Å²) in [5, 5.41) is 16.3. The van der Waals surface area contributed by atoms with E-state index in [2.05, 4.69) is 21.3 Å². The Labute approximate surface area is 228 Å². The normalized spacial score (nSPS) is 16.3. The van der Waals surface area contributed by atoms with Crippen LogP contribution in [0.5, 0.6) is 5.88 Å². The Morgan fingerprint density at radius 1 is 1.21 bits per heavy atom. The molecule has 0 radical (unpaired) electrons. The first-order valence-electron chi connectivity index (χ1n) is 13.4. The number of hydrogen-bond donors (Lipinski definition) is 2. The van der Waals surface area contributed by atoms with Crippen molar-refractivity contribution in [3.8, 4) is 5.88 Å². The molecule has 10 nitrogen and oxygen atoms in total. The highest BCUT2D eigenvalue weighted by Gasteiger charge is 2.32. The number of piperazine rings is 1. The third-order valence-corrected chi connectivity index (χ3v) is 6.86. The van der Waals surface area contributed by atoms with Crippen molar-refractivity contribution in [3.05, 3.63) is 48.3 Å². The van der Waals surface area contributed by atoms with Crippen LogP contribution in [0, 0.1) is 0 Å². The fraction of sp³-hybridized carbons (Fsp3) is 0.448. The minimum Gasteiger partial charge on any atom is -0.493 e. The fourth-order valence-corrected chi connectivity index (χ4v) is 4.87. The van der Waals surface area contributed by atoms with Crippen LogP contribution in [0.15, 0.2) is 42.7 Å². The summed E-state index contributed by atoms with van der Waals surface area (Å²) in [7, 11) is 0. The molecular weight excluding hydrogens is 494 g/mol. The second-order valence-electron chi connectivity index (χ2n) is 11.4. The van der Waals surface area contributed by atoms with E-state index in [4.69, 9.17) is 14.7 Å². The predicted molar refractivity (Wildman–Crippen MR) is 153 cm³/mol. The number of hydrogen-bond acceptors (Lipinski definition) is 8. The molecule has 0 bridgehead atoms. The minimum atomic E-state index is -0.551. The number of carbonyl (C=O) groups excluding carboxylic acids is 1. The smallest absolute Gasteiger partial charge is 0.410 e. The van der Waals surface area contributed by atoms with E-state index in [1.54, 1.807) is 9.47 Å². The molecule has 5 rings (SSSR count). The lowest BCUT2D eigenvalue weighted by Gasteiger charge is -2.40. The summed E-state index contributed by atoms with van der Waals surface area (Å²) in [4.78, 5) is 30.8. The Kier molecular flexibility index (Phi) is 6.96. The number of amides is 1. The Balaban J connectivity index is 1.43. The number of nitrogens with one attached hydrogen (secondary N) is 1. The van der Waals surface area contributed by atoms with Crippen molar-refractivity contribution in [1.82, 2.24) is 24.4 Å². The van der Waals surface area contributed by atoms with Gasteiger partial charge >= 0.3 is 6.09 Å². The van der Waals surface area contributed by atoms with Gasteiger partial charge in [0.25, 0.3) is 0 Å². The largest absolute Gasteiger partial charge is 0.493 e. The number of carbonyl (C=O) groups is 1. The molecule has 2 N–H and O–H groups in total. The third-order valence-electron chi connectivity index (χ3n) is 6.86. The molecule has 10 heteroatoms. The van der Waals surface area contributed by atoms with Gasteiger partial charge in [-0.3, -0.25) is 4.98 Å². The molecular formula is C29H37N7O3. The van der Waals surface area contributed by atoms with Crippen LogP contribution in [0.1, 0.15) is 53.1 Å². The van der Waals surface area contributed by atoms with Crippen LogP contribution in [-0.2, 0) is 11.3 Å². The number of rotatable bonds is 5. The average Bonchev–Trinajstić information content (AvgIpc) is 3.22. The lowest BCUT2D eigenvalue weighted by Crippen LogP contribution is -2.55. The molecule has 1 atom stereocenters. The second-order valence-corrected chi connectivity index (χ2v) is 11.4. The van der Waals surface area contributed by atoms with Gasteiger partial charge in [-0.05, 0) is 59.2 Å². The highest BCUT2D eigenvalue weighted by atomic mass is 16.6. The molecule has 1 saturated heterocycles. The summed E-state index contributed by atoms with van der Waals surface area (Å²) in [6, 6.07) is 10.1. The van der Waals surface area contributed by atoms with Crippen LogP contribution in [0.25, 0.3) is 21.8 Å². The molecule has 1 aromatic carbocycles. The van der Waals surface area contributed by atoms with E-state index in [1.165, 1.54) is 0 Å². The van der Waals surface area contributed by atoms with Crippen molar-refractivity contribution < 1.29 is 14.6 Å². The molecule has 0 unspecified atom stereocenters. The van der Waals surface area contributed by atoms with Gasteiger partial charge in [0.15, 0.2) is 0 Å². The highest BCUT2D eigenvalue weighted by Crippen LogP contribution is 2.34. The molecule has 4 aromatic rings. The van der Waals surface area contributed by atoms with Crippen LogP contribution < -0.4 is 10.2 Å². The monoisotopic (exact) mass is 531 g/mol. The fourth-order valence-electron chi connectivity index (χ4n) is 4.87. The minimum absolute atomic E-state index is 0.0533. The van der Waals surface area contributed by atoms with Crippen molar-refractivity contribution in [2.75, 3.05) is 29.9 Å². The zero-order chi connectivity index (χ0) is 27.9. The Morgan fingerprint density at radius 3 is 2.69 bits per heavy atom. The summed E-state index contributed by atoms with van der Waals surface area (Å²) in [5.74, 6) is 1.26. The predicted octanol–water partition coefficient (Wildman–Crippen LogP) is 5.32. The molecule has 39 heavy (non-hydrogen) atoms. The van der Waals surface area contributed by atoms with Gasteiger partial charge in [0.2, 0.25) is 11.8 Å². The van der Waals surface area contributed by atoms with Gasteiger partial charge in [-0.25, -0.2) is 9.78 Å². The average molecular weight is 532 g/mol. The van der Waals surface area contributed by atoms with E-state index < -0.39 is 5.60 Å². The first-order chi connectivity index (χ1) is 18.5. The van der Waals surface area contributed by atoms with Crippen molar-refractivity contribution in [3.63, 3.8) is 0 Å². The van der Waals surface area contributed by atoms with Gasteiger partial charge in [-0.2, -0.15) is 4.98 Å². The lowest BCUT2D eigenvalue weighted by atomic mass is 10.1. The van der Waals surface area contributed by atoms with Gasteiger partial charge in [0, 0.05) is 56.0 Å². The first-order valence-corrected chi connectivity index (χ1v) is 13.4.